The molecular formula is C28H35N3O3. The Morgan fingerprint density at radius 3 is 2.53 bits per heavy atom. The number of allylic oxidation sites excluding steroid dienone is 4. The van der Waals surface area contributed by atoms with E-state index in [1.165, 1.54) is 0 Å². The van der Waals surface area contributed by atoms with Crippen molar-refractivity contribution in [3.8, 4) is 0 Å². The summed E-state index contributed by atoms with van der Waals surface area (Å²) in [6, 6.07) is 1.89. The van der Waals surface area contributed by atoms with Gasteiger partial charge >= 0.3 is 0 Å². The van der Waals surface area contributed by atoms with Crippen LogP contribution in [0.1, 0.15) is 37.6 Å². The second-order valence-corrected chi connectivity index (χ2v) is 8.09. The molecule has 1 amide bonds. The zero-order valence-corrected chi connectivity index (χ0v) is 20.8. The highest BCUT2D eigenvalue weighted by atomic mass is 16.5. The first-order chi connectivity index (χ1) is 16.2. The maximum atomic E-state index is 13.2. The third kappa shape index (κ3) is 6.02. The number of ether oxygens (including phenoxy) is 1. The van der Waals surface area contributed by atoms with Crippen LogP contribution in [-0.2, 0) is 16.1 Å². The maximum absolute atomic E-state index is 13.2. The van der Waals surface area contributed by atoms with Crippen molar-refractivity contribution in [1.29, 1.82) is 0 Å². The van der Waals surface area contributed by atoms with Gasteiger partial charge in [-0.15, -0.1) is 0 Å². The molecule has 2 rings (SSSR count). The Hall–Kier alpha value is -3.64. The summed E-state index contributed by atoms with van der Waals surface area (Å²) in [5.74, 6) is -0.261. The molecule has 1 atom stereocenters. The van der Waals surface area contributed by atoms with E-state index < -0.39 is 0 Å². The number of aryl methyl sites for hydroxylation is 2. The molecule has 1 aromatic rings. The van der Waals surface area contributed by atoms with Crippen LogP contribution in [0.3, 0.4) is 0 Å². The van der Waals surface area contributed by atoms with E-state index in [-0.39, 0.29) is 24.1 Å². The average molecular weight is 462 g/mol. The zero-order chi connectivity index (χ0) is 25.4. The molecule has 0 radical (unpaired) electrons. The highest BCUT2D eigenvalue weighted by Gasteiger charge is 2.28. The van der Waals surface area contributed by atoms with Gasteiger partial charge in [0.2, 0.25) is 0 Å². The molecule has 0 saturated carbocycles. The first-order valence-corrected chi connectivity index (χ1v) is 11.2. The second kappa shape index (κ2) is 12.0. The summed E-state index contributed by atoms with van der Waals surface area (Å²) < 4.78 is 6.12. The SMILES string of the molecule is C=C/C=C(\C=C)COC(C)C1=C(C)C(C(=O)NCc2c(C)cc(C)[nH]c2=O)=C/C(=C/C)N1C=C. The van der Waals surface area contributed by atoms with Gasteiger partial charge in [-0.2, -0.15) is 0 Å². The molecule has 6 heteroatoms. The summed E-state index contributed by atoms with van der Waals surface area (Å²) in [6.07, 6.45) is 10.4. The normalized spacial score (nSPS) is 16.3. The Kier molecular flexibility index (Phi) is 9.39. The molecule has 1 unspecified atom stereocenters. The van der Waals surface area contributed by atoms with Crippen molar-refractivity contribution in [3.63, 3.8) is 0 Å². The number of aromatic amines is 1. The highest BCUT2D eigenvalue weighted by Crippen LogP contribution is 2.32. The van der Waals surface area contributed by atoms with Crippen molar-refractivity contribution in [2.45, 2.75) is 47.3 Å². The minimum atomic E-state index is -0.334. The van der Waals surface area contributed by atoms with Gasteiger partial charge in [-0.3, -0.25) is 9.59 Å². The number of carbonyl (C=O) groups excluding carboxylic acids is 1. The molecule has 2 heterocycles. The number of nitrogens with one attached hydrogen (secondary N) is 2. The molecule has 34 heavy (non-hydrogen) atoms. The van der Waals surface area contributed by atoms with E-state index >= 15 is 0 Å². The minimum Gasteiger partial charge on any atom is -0.368 e. The largest absolute Gasteiger partial charge is 0.368 e. The third-order valence-corrected chi connectivity index (χ3v) is 5.74. The Morgan fingerprint density at radius 2 is 1.97 bits per heavy atom. The van der Waals surface area contributed by atoms with Crippen LogP contribution in [0.15, 0.2) is 95.3 Å². The highest BCUT2D eigenvalue weighted by molar-refractivity contribution is 5.98. The number of hydrogen-bond donors (Lipinski definition) is 2. The summed E-state index contributed by atoms with van der Waals surface area (Å²) in [6.45, 7) is 21.4. The molecular weight excluding hydrogens is 426 g/mol. The van der Waals surface area contributed by atoms with Crippen LogP contribution < -0.4 is 10.9 Å². The molecule has 6 nitrogen and oxygen atoms in total. The topological polar surface area (TPSA) is 74.4 Å². The summed E-state index contributed by atoms with van der Waals surface area (Å²) in [5, 5.41) is 2.91. The summed E-state index contributed by atoms with van der Waals surface area (Å²) >= 11 is 0. The van der Waals surface area contributed by atoms with Crippen LogP contribution in [0.25, 0.3) is 0 Å². The lowest BCUT2D eigenvalue weighted by Crippen LogP contribution is -2.34. The third-order valence-electron chi connectivity index (χ3n) is 5.74. The number of amides is 1. The molecule has 2 N–H and O–H groups in total. The van der Waals surface area contributed by atoms with Crippen LogP contribution in [-0.4, -0.2) is 28.5 Å². The number of nitrogens with zero attached hydrogens (tertiary/aromatic N) is 1. The molecule has 1 aromatic heterocycles. The predicted molar refractivity (Wildman–Crippen MR) is 139 cm³/mol. The fraction of sp³-hybridized carbons (Fsp3) is 0.286. The van der Waals surface area contributed by atoms with E-state index in [2.05, 4.69) is 30.0 Å². The fourth-order valence-electron chi connectivity index (χ4n) is 3.94. The van der Waals surface area contributed by atoms with E-state index in [1.54, 1.807) is 18.4 Å². The van der Waals surface area contributed by atoms with Gasteiger partial charge in [-0.25, -0.2) is 0 Å². The van der Waals surface area contributed by atoms with Gasteiger partial charge in [0, 0.05) is 35.3 Å². The van der Waals surface area contributed by atoms with Gasteiger partial charge in [0.05, 0.1) is 18.4 Å². The van der Waals surface area contributed by atoms with Crippen LogP contribution >= 0.6 is 0 Å². The second-order valence-electron chi connectivity index (χ2n) is 8.09. The number of rotatable bonds is 10. The Morgan fingerprint density at radius 1 is 1.26 bits per heavy atom. The molecule has 0 saturated heterocycles. The lowest BCUT2D eigenvalue weighted by Gasteiger charge is -2.34. The van der Waals surface area contributed by atoms with Crippen LogP contribution in [0.2, 0.25) is 0 Å². The number of H-pyrrole nitrogens is 1. The summed E-state index contributed by atoms with van der Waals surface area (Å²) in [7, 11) is 0. The Balaban J connectivity index is 2.35. The van der Waals surface area contributed by atoms with Crippen molar-refractivity contribution in [2.24, 2.45) is 0 Å². The molecule has 0 fully saturated rings. The van der Waals surface area contributed by atoms with Crippen molar-refractivity contribution < 1.29 is 9.53 Å². The molecule has 0 spiro atoms. The minimum absolute atomic E-state index is 0.137. The predicted octanol–water partition coefficient (Wildman–Crippen LogP) is 4.87. The lowest BCUT2D eigenvalue weighted by atomic mass is 9.95. The zero-order valence-electron chi connectivity index (χ0n) is 20.8. The van der Waals surface area contributed by atoms with E-state index in [1.807, 2.05) is 63.8 Å². The fourth-order valence-corrected chi connectivity index (χ4v) is 3.94. The van der Waals surface area contributed by atoms with Crippen molar-refractivity contribution in [3.05, 3.63) is 118 Å². The van der Waals surface area contributed by atoms with Gasteiger partial charge in [-0.05, 0) is 63.5 Å². The van der Waals surface area contributed by atoms with Gasteiger partial charge < -0.3 is 19.9 Å². The quantitative estimate of drug-likeness (QED) is 0.487. The summed E-state index contributed by atoms with van der Waals surface area (Å²) in [5.41, 5.74) is 5.80. The van der Waals surface area contributed by atoms with E-state index in [9.17, 15) is 9.59 Å². The monoisotopic (exact) mass is 461 g/mol. The van der Waals surface area contributed by atoms with Gasteiger partial charge in [0.25, 0.3) is 11.5 Å². The smallest absolute Gasteiger partial charge is 0.253 e. The van der Waals surface area contributed by atoms with E-state index in [0.717, 1.165) is 33.8 Å². The van der Waals surface area contributed by atoms with Crippen molar-refractivity contribution >= 4 is 5.91 Å². The molecule has 1 aliphatic heterocycles. The van der Waals surface area contributed by atoms with Gasteiger partial charge in [0.15, 0.2) is 0 Å². The average Bonchev–Trinajstić information content (AvgIpc) is 2.80. The van der Waals surface area contributed by atoms with Gasteiger partial charge in [-0.1, -0.05) is 44.0 Å². The molecule has 1 aliphatic rings. The van der Waals surface area contributed by atoms with E-state index in [4.69, 9.17) is 4.74 Å². The lowest BCUT2D eigenvalue weighted by molar-refractivity contribution is -0.117. The van der Waals surface area contributed by atoms with Crippen molar-refractivity contribution in [1.82, 2.24) is 15.2 Å². The molecule has 0 aromatic carbocycles. The first-order valence-electron chi connectivity index (χ1n) is 11.2. The van der Waals surface area contributed by atoms with Crippen LogP contribution in [0.4, 0.5) is 0 Å². The molecule has 0 bridgehead atoms. The standard InChI is InChI=1S/C28H35N3O3/c1-9-13-22(10-2)17-34-21(8)26-20(7)24(15-23(11-3)31(26)12-4)27(32)29-16-25-18(5)14-19(6)30-28(25)33/h9-15,21H,1-2,4,16-17H2,3,5-8H3,(H,29,32)(H,30,33)/b22-13+,23-11-. The van der Waals surface area contributed by atoms with Crippen molar-refractivity contribution in [2.75, 3.05) is 6.61 Å². The first kappa shape index (κ1) is 26.6. The Bertz CT molecular complexity index is 1160. The number of carbonyl (C=O) groups is 1. The Labute approximate surface area is 202 Å². The molecule has 0 aliphatic carbocycles. The number of aromatic nitrogens is 1. The number of pyridine rings is 1. The van der Waals surface area contributed by atoms with Crippen LogP contribution in [0, 0.1) is 13.8 Å². The summed E-state index contributed by atoms with van der Waals surface area (Å²) in [4.78, 5) is 30.3. The maximum Gasteiger partial charge on any atom is 0.253 e. The van der Waals surface area contributed by atoms with Gasteiger partial charge in [0.1, 0.15) is 0 Å². The molecule has 180 valence electrons. The van der Waals surface area contributed by atoms with Crippen LogP contribution in [0.5, 0.6) is 0 Å². The van der Waals surface area contributed by atoms with E-state index in [0.29, 0.717) is 17.7 Å². The number of hydrogen-bond acceptors (Lipinski definition) is 4.